The van der Waals surface area contributed by atoms with Gasteiger partial charge >= 0.3 is 0 Å². The highest BCUT2D eigenvalue weighted by Gasteiger charge is 2.27. The molecule has 2 aliphatic carbocycles. The van der Waals surface area contributed by atoms with Gasteiger partial charge in [0.25, 0.3) is 0 Å². The van der Waals surface area contributed by atoms with Crippen LogP contribution in [0.4, 0.5) is 0 Å². The Morgan fingerprint density at radius 1 is 0.875 bits per heavy atom. The van der Waals surface area contributed by atoms with Crippen molar-refractivity contribution in [2.45, 2.75) is 75.7 Å². The molecule has 0 amide bonds. The predicted octanol–water partition coefficient (Wildman–Crippen LogP) is 2.23. The highest BCUT2D eigenvalue weighted by atomic mass is 16.5. The molecule has 2 fully saturated rings. The second-order valence-electron chi connectivity index (χ2n) is 5.33. The lowest BCUT2D eigenvalue weighted by molar-refractivity contribution is -0.0767. The topological polar surface area (TPSA) is 44.5 Å². The van der Waals surface area contributed by atoms with E-state index in [-0.39, 0.29) is 0 Å². The van der Waals surface area contributed by atoms with Crippen molar-refractivity contribution >= 4 is 0 Å². The molecule has 0 aromatic heterocycles. The van der Waals surface area contributed by atoms with Crippen molar-refractivity contribution in [2.75, 3.05) is 7.11 Å². The van der Waals surface area contributed by atoms with Crippen molar-refractivity contribution < 1.29 is 9.47 Å². The first-order valence-corrected chi connectivity index (χ1v) is 6.71. The molecular formula is C13H25NO2. The Morgan fingerprint density at radius 3 is 2.19 bits per heavy atom. The van der Waals surface area contributed by atoms with Crippen LogP contribution in [0, 0.1) is 0 Å². The standard InChI is InChI=1S/C13H25NO2/c1-15-11-5-3-7-13(9-11)16-12-6-2-4-10(14)8-12/h10-13H,2-9,14H2,1H3. The maximum absolute atomic E-state index is 6.17. The minimum absolute atomic E-state index is 0.362. The van der Waals surface area contributed by atoms with Gasteiger partial charge in [-0.25, -0.2) is 0 Å². The molecule has 4 unspecified atom stereocenters. The van der Waals surface area contributed by atoms with E-state index in [1.165, 1.54) is 38.5 Å². The molecule has 2 saturated carbocycles. The van der Waals surface area contributed by atoms with Gasteiger partial charge in [0, 0.05) is 13.2 Å². The summed E-state index contributed by atoms with van der Waals surface area (Å²) in [5, 5.41) is 0. The van der Waals surface area contributed by atoms with Crippen LogP contribution in [-0.4, -0.2) is 31.5 Å². The summed E-state index contributed by atoms with van der Waals surface area (Å²) in [6.07, 6.45) is 10.6. The van der Waals surface area contributed by atoms with E-state index in [0.717, 1.165) is 12.8 Å². The van der Waals surface area contributed by atoms with Gasteiger partial charge in [0.05, 0.1) is 18.3 Å². The zero-order valence-electron chi connectivity index (χ0n) is 10.4. The third kappa shape index (κ3) is 3.44. The zero-order valence-corrected chi connectivity index (χ0v) is 10.4. The molecule has 2 N–H and O–H groups in total. The van der Waals surface area contributed by atoms with Crippen LogP contribution < -0.4 is 5.73 Å². The molecule has 2 aliphatic rings. The number of hydrogen-bond donors (Lipinski definition) is 1. The van der Waals surface area contributed by atoms with Crippen molar-refractivity contribution in [3.63, 3.8) is 0 Å². The summed E-state index contributed by atoms with van der Waals surface area (Å²) in [7, 11) is 1.81. The van der Waals surface area contributed by atoms with E-state index in [4.69, 9.17) is 15.2 Å². The molecule has 4 atom stereocenters. The molecule has 0 heterocycles. The van der Waals surface area contributed by atoms with Crippen LogP contribution >= 0.6 is 0 Å². The lowest BCUT2D eigenvalue weighted by Crippen LogP contribution is -2.36. The highest BCUT2D eigenvalue weighted by Crippen LogP contribution is 2.28. The van der Waals surface area contributed by atoms with Crippen molar-refractivity contribution in [3.05, 3.63) is 0 Å². The average molecular weight is 227 g/mol. The highest BCUT2D eigenvalue weighted by molar-refractivity contribution is 4.79. The fraction of sp³-hybridized carbons (Fsp3) is 1.00. The van der Waals surface area contributed by atoms with Gasteiger partial charge in [0.1, 0.15) is 0 Å². The Labute approximate surface area is 98.7 Å². The van der Waals surface area contributed by atoms with Gasteiger partial charge in [-0.3, -0.25) is 0 Å². The Morgan fingerprint density at radius 2 is 1.50 bits per heavy atom. The normalized spacial score (nSPS) is 40.9. The summed E-state index contributed by atoms with van der Waals surface area (Å²) < 4.78 is 11.6. The van der Waals surface area contributed by atoms with E-state index in [2.05, 4.69) is 0 Å². The van der Waals surface area contributed by atoms with Crippen LogP contribution in [0.2, 0.25) is 0 Å². The van der Waals surface area contributed by atoms with Gasteiger partial charge in [-0.1, -0.05) is 0 Å². The Kier molecular flexibility index (Phi) is 4.62. The van der Waals surface area contributed by atoms with Gasteiger partial charge in [-0.2, -0.15) is 0 Å². The summed E-state index contributed by atoms with van der Waals surface area (Å²) in [6, 6.07) is 0.362. The van der Waals surface area contributed by atoms with Gasteiger partial charge < -0.3 is 15.2 Å². The molecule has 2 rings (SSSR count). The van der Waals surface area contributed by atoms with Gasteiger partial charge in [0.2, 0.25) is 0 Å². The van der Waals surface area contributed by atoms with E-state index < -0.39 is 0 Å². The number of ether oxygens (including phenoxy) is 2. The van der Waals surface area contributed by atoms with Crippen LogP contribution in [0.1, 0.15) is 51.4 Å². The van der Waals surface area contributed by atoms with Crippen molar-refractivity contribution in [1.82, 2.24) is 0 Å². The molecule has 3 nitrogen and oxygen atoms in total. The number of rotatable bonds is 3. The van der Waals surface area contributed by atoms with Crippen LogP contribution in [0.5, 0.6) is 0 Å². The number of hydrogen-bond acceptors (Lipinski definition) is 3. The second kappa shape index (κ2) is 5.99. The predicted molar refractivity (Wildman–Crippen MR) is 64.4 cm³/mol. The maximum Gasteiger partial charge on any atom is 0.0603 e. The van der Waals surface area contributed by atoms with Crippen LogP contribution in [0.3, 0.4) is 0 Å². The first-order valence-electron chi connectivity index (χ1n) is 6.71. The molecule has 0 aromatic carbocycles. The molecule has 0 bridgehead atoms. The average Bonchev–Trinajstić information content (AvgIpc) is 2.29. The quantitative estimate of drug-likeness (QED) is 0.804. The summed E-state index contributed by atoms with van der Waals surface area (Å²) in [5.74, 6) is 0. The molecular weight excluding hydrogens is 202 g/mol. The Hall–Kier alpha value is -0.120. The van der Waals surface area contributed by atoms with Gasteiger partial charge in [-0.05, 0) is 51.4 Å². The van der Waals surface area contributed by atoms with Crippen LogP contribution in [-0.2, 0) is 9.47 Å². The maximum atomic E-state index is 6.17. The second-order valence-corrected chi connectivity index (χ2v) is 5.33. The molecule has 0 aliphatic heterocycles. The lowest BCUT2D eigenvalue weighted by atomic mass is 9.91. The van der Waals surface area contributed by atoms with Gasteiger partial charge in [-0.15, -0.1) is 0 Å². The third-order valence-electron chi connectivity index (χ3n) is 3.96. The largest absolute Gasteiger partial charge is 0.381 e. The summed E-state index contributed by atoms with van der Waals surface area (Å²) in [4.78, 5) is 0. The van der Waals surface area contributed by atoms with Gasteiger partial charge in [0.15, 0.2) is 0 Å². The smallest absolute Gasteiger partial charge is 0.0603 e. The summed E-state index contributed by atoms with van der Waals surface area (Å²) in [5.41, 5.74) is 5.98. The summed E-state index contributed by atoms with van der Waals surface area (Å²) >= 11 is 0. The molecule has 0 spiro atoms. The van der Waals surface area contributed by atoms with E-state index in [9.17, 15) is 0 Å². The Bertz CT molecular complexity index is 210. The molecule has 94 valence electrons. The minimum atomic E-state index is 0.362. The monoisotopic (exact) mass is 227 g/mol. The molecule has 3 heteroatoms. The van der Waals surface area contributed by atoms with Crippen molar-refractivity contribution in [2.24, 2.45) is 5.73 Å². The van der Waals surface area contributed by atoms with E-state index in [1.807, 2.05) is 7.11 Å². The fourth-order valence-electron chi connectivity index (χ4n) is 3.02. The SMILES string of the molecule is COC1CCCC(OC2CCCC(N)C2)C1. The molecule has 0 saturated heterocycles. The van der Waals surface area contributed by atoms with Crippen molar-refractivity contribution in [1.29, 1.82) is 0 Å². The molecule has 0 aromatic rings. The van der Waals surface area contributed by atoms with Crippen LogP contribution in [0.25, 0.3) is 0 Å². The first kappa shape index (κ1) is 12.3. The third-order valence-corrected chi connectivity index (χ3v) is 3.96. The first-order chi connectivity index (χ1) is 7.78. The zero-order chi connectivity index (χ0) is 11.4. The summed E-state index contributed by atoms with van der Waals surface area (Å²) in [6.45, 7) is 0. The van der Waals surface area contributed by atoms with E-state index in [0.29, 0.717) is 24.4 Å². The van der Waals surface area contributed by atoms with E-state index >= 15 is 0 Å². The number of methoxy groups -OCH3 is 1. The molecule has 0 radical (unpaired) electrons. The number of nitrogens with two attached hydrogens (primary N) is 1. The van der Waals surface area contributed by atoms with Crippen molar-refractivity contribution in [3.8, 4) is 0 Å². The van der Waals surface area contributed by atoms with Crippen LogP contribution in [0.15, 0.2) is 0 Å². The van der Waals surface area contributed by atoms with E-state index in [1.54, 1.807) is 0 Å². The minimum Gasteiger partial charge on any atom is -0.381 e. The lowest BCUT2D eigenvalue weighted by Gasteiger charge is -2.34. The fourth-order valence-corrected chi connectivity index (χ4v) is 3.02. The molecule has 16 heavy (non-hydrogen) atoms. The Balaban J connectivity index is 1.75.